The summed E-state index contributed by atoms with van der Waals surface area (Å²) in [5, 5.41) is 2.72. The van der Waals surface area contributed by atoms with Crippen molar-refractivity contribution in [1.29, 1.82) is 0 Å². The lowest BCUT2D eigenvalue weighted by Gasteiger charge is -2.23. The zero-order valence-electron chi connectivity index (χ0n) is 19.6. The summed E-state index contributed by atoms with van der Waals surface area (Å²) in [5.74, 6) is 1.02. The Kier molecular flexibility index (Phi) is 6.29. The summed E-state index contributed by atoms with van der Waals surface area (Å²) < 4.78 is 16.7. The van der Waals surface area contributed by atoms with Crippen molar-refractivity contribution in [2.45, 2.75) is 31.6 Å². The predicted molar refractivity (Wildman–Crippen MR) is 145 cm³/mol. The number of nitrogens with one attached hydrogen (secondary N) is 1. The van der Waals surface area contributed by atoms with E-state index in [0.717, 1.165) is 22.2 Å². The summed E-state index contributed by atoms with van der Waals surface area (Å²) in [5.41, 5.74) is 3.58. The highest BCUT2D eigenvalue weighted by atomic mass is 31.0. The van der Waals surface area contributed by atoms with E-state index >= 15 is 0 Å². The fourth-order valence-electron chi connectivity index (χ4n) is 4.33. The Morgan fingerprint density at radius 1 is 1.17 bits per heavy atom. The molecule has 0 radical (unpaired) electrons. The average molecular weight is 508 g/mol. The van der Waals surface area contributed by atoms with Crippen molar-refractivity contribution in [1.82, 2.24) is 19.3 Å². The van der Waals surface area contributed by atoms with Gasteiger partial charge in [0.2, 0.25) is 0 Å². The van der Waals surface area contributed by atoms with Gasteiger partial charge in [-0.3, -0.25) is 4.79 Å². The fraction of sp³-hybridized carbons (Fsp3) is 0.280. The van der Waals surface area contributed by atoms with Crippen molar-refractivity contribution in [3.05, 3.63) is 66.4 Å². The van der Waals surface area contributed by atoms with Crippen molar-refractivity contribution in [3.8, 4) is 11.3 Å². The van der Waals surface area contributed by atoms with Gasteiger partial charge in [-0.05, 0) is 27.6 Å². The molecule has 10 heteroatoms. The maximum absolute atomic E-state index is 14.7. The predicted octanol–water partition coefficient (Wildman–Crippen LogP) is 5.26. The number of amides is 1. The van der Waals surface area contributed by atoms with Crippen LogP contribution in [0.3, 0.4) is 0 Å². The first-order valence-electron chi connectivity index (χ1n) is 11.4. The van der Waals surface area contributed by atoms with Crippen LogP contribution in [0.1, 0.15) is 42.4 Å². The maximum atomic E-state index is 14.7. The third-order valence-corrected chi connectivity index (χ3v) is 7.22. The number of pyridine rings is 1. The average Bonchev–Trinajstić information content (AvgIpc) is 3.38. The zero-order valence-corrected chi connectivity index (χ0v) is 21.9. The van der Waals surface area contributed by atoms with Crippen LogP contribution in [0.2, 0.25) is 0 Å². The molecule has 3 atom stereocenters. The van der Waals surface area contributed by atoms with E-state index in [2.05, 4.69) is 45.0 Å². The molecule has 1 saturated heterocycles. The molecule has 7 nitrogen and oxygen atoms in total. The van der Waals surface area contributed by atoms with Gasteiger partial charge in [0.25, 0.3) is 5.91 Å². The van der Waals surface area contributed by atoms with Crippen molar-refractivity contribution in [2.75, 3.05) is 23.3 Å². The highest BCUT2D eigenvalue weighted by molar-refractivity contribution is 7.18. The van der Waals surface area contributed by atoms with E-state index in [-0.39, 0.29) is 18.4 Å². The number of aromatic nitrogens is 4. The van der Waals surface area contributed by atoms with E-state index in [0.29, 0.717) is 35.9 Å². The molecule has 0 aliphatic carbocycles. The quantitative estimate of drug-likeness (QED) is 0.373. The van der Waals surface area contributed by atoms with Gasteiger partial charge in [-0.2, -0.15) is 0 Å². The van der Waals surface area contributed by atoms with Crippen LogP contribution in [0.25, 0.3) is 22.2 Å². The number of nitrogens with zero attached hydrogens (tertiary/aromatic N) is 5. The number of hydrogen-bond donors (Lipinski definition) is 1. The van der Waals surface area contributed by atoms with Crippen LogP contribution < -0.4 is 10.2 Å². The van der Waals surface area contributed by atoms with Crippen molar-refractivity contribution >= 4 is 46.9 Å². The Balaban J connectivity index is 1.60. The third-order valence-electron chi connectivity index (χ3n) is 6.19. The topological polar surface area (TPSA) is 75.9 Å². The van der Waals surface area contributed by atoms with E-state index in [1.165, 1.54) is 12.4 Å². The first-order valence-corrected chi connectivity index (χ1v) is 12.5. The van der Waals surface area contributed by atoms with Gasteiger partial charge >= 0.3 is 0 Å². The Bertz CT molecular complexity index is 1400. The van der Waals surface area contributed by atoms with E-state index in [4.69, 9.17) is 0 Å². The van der Waals surface area contributed by atoms with Gasteiger partial charge in [-0.25, -0.2) is 19.3 Å². The number of carbonyl (C=O) groups is 1. The highest BCUT2D eigenvalue weighted by Crippen LogP contribution is 2.42. The summed E-state index contributed by atoms with van der Waals surface area (Å²) in [6, 6.07) is 12.0. The molecule has 0 saturated carbocycles. The van der Waals surface area contributed by atoms with Crippen LogP contribution >= 0.6 is 18.6 Å². The molecule has 3 aromatic heterocycles. The molecule has 1 aliphatic heterocycles. The number of carbonyl (C=O) groups excluding carboxylic acids is 1. The van der Waals surface area contributed by atoms with Gasteiger partial charge in [0.05, 0.1) is 29.0 Å². The van der Waals surface area contributed by atoms with Crippen molar-refractivity contribution < 1.29 is 9.18 Å². The summed E-state index contributed by atoms with van der Waals surface area (Å²) in [6.07, 6.45) is 5.13. The number of hydrogen-bond acceptors (Lipinski definition) is 5. The van der Waals surface area contributed by atoms with Crippen LogP contribution in [0.5, 0.6) is 0 Å². The molecule has 0 bridgehead atoms. The molecule has 1 aliphatic rings. The lowest BCUT2D eigenvalue weighted by atomic mass is 10.1. The van der Waals surface area contributed by atoms with Gasteiger partial charge in [0, 0.05) is 48.4 Å². The van der Waals surface area contributed by atoms with Crippen LogP contribution in [-0.2, 0) is 0 Å². The monoisotopic (exact) mass is 508 g/mol. The molecule has 3 unspecified atom stereocenters. The zero-order chi connectivity index (χ0) is 24.7. The number of para-hydroxylation sites is 1. The molecule has 1 amide bonds. The number of anilines is 2. The molecule has 4 aromatic rings. The molecule has 1 fully saturated rings. The minimum Gasteiger partial charge on any atom is -0.351 e. The minimum absolute atomic E-state index is 0.163. The highest BCUT2D eigenvalue weighted by Gasteiger charge is 2.36. The molecule has 180 valence electrons. The number of halogens is 1. The van der Waals surface area contributed by atoms with E-state index < -0.39 is 5.41 Å². The summed E-state index contributed by atoms with van der Waals surface area (Å²) in [4.78, 5) is 28.4. The Morgan fingerprint density at radius 3 is 2.57 bits per heavy atom. The maximum Gasteiger partial charge on any atom is 0.258 e. The summed E-state index contributed by atoms with van der Waals surface area (Å²) >= 11 is 0. The van der Waals surface area contributed by atoms with Gasteiger partial charge in [-0.15, -0.1) is 0 Å². The number of fused-ring (bicyclic) bond motifs is 1. The smallest absolute Gasteiger partial charge is 0.258 e. The molecule has 1 aromatic carbocycles. The lowest BCUT2D eigenvalue weighted by Crippen LogP contribution is -2.26. The largest absolute Gasteiger partial charge is 0.351 e. The van der Waals surface area contributed by atoms with Gasteiger partial charge in [0.15, 0.2) is 5.82 Å². The molecule has 0 spiro atoms. The Hall–Kier alpha value is -2.95. The first-order chi connectivity index (χ1) is 16.7. The standard InChI is InChI=1S/C25H27FN6OP2/c1-15(2)22-28-12-17(13-29-22)24(33)30-21-18(20-11-16-5-3-4-6-19(16)32(20)35)7-9-27-23(21)31-10-8-25(26,34)14-31/h3-7,9,11-13,15H,8,10,14,34-35H2,1-2H3,(H,30,33). The number of rotatable bonds is 5. The fourth-order valence-corrected chi connectivity index (χ4v) is 5.12. The van der Waals surface area contributed by atoms with Crippen LogP contribution in [-0.4, -0.2) is 43.7 Å². The SMILES string of the molecule is CC(C)c1ncc(C(=O)Nc2c(-c3cc4ccccc4n3P)ccnc2N2CCC(F)(P)C2)cn1. The second-order valence-corrected chi connectivity index (χ2v) is 10.7. The van der Waals surface area contributed by atoms with Crippen LogP contribution in [0.4, 0.5) is 15.9 Å². The van der Waals surface area contributed by atoms with Crippen molar-refractivity contribution in [2.24, 2.45) is 0 Å². The molecule has 5 rings (SSSR count). The van der Waals surface area contributed by atoms with Crippen LogP contribution in [0.15, 0.2) is 55.0 Å². The van der Waals surface area contributed by atoms with Gasteiger partial charge in [-0.1, -0.05) is 41.3 Å². The van der Waals surface area contributed by atoms with Gasteiger partial charge in [0.1, 0.15) is 11.2 Å². The summed E-state index contributed by atoms with van der Waals surface area (Å²) in [6.45, 7) is 4.67. The normalized spacial score (nSPS) is 17.9. The molecular formula is C25H27FN6OP2. The van der Waals surface area contributed by atoms with Gasteiger partial charge < -0.3 is 14.6 Å². The van der Waals surface area contributed by atoms with E-state index in [9.17, 15) is 9.18 Å². The Labute approximate surface area is 208 Å². The third kappa shape index (κ3) is 4.65. The second-order valence-electron chi connectivity index (χ2n) is 9.16. The van der Waals surface area contributed by atoms with E-state index in [1.54, 1.807) is 6.20 Å². The lowest BCUT2D eigenvalue weighted by molar-refractivity contribution is 0.102. The molecular weight excluding hydrogens is 481 g/mol. The second kappa shape index (κ2) is 9.25. The Morgan fingerprint density at radius 2 is 1.91 bits per heavy atom. The minimum atomic E-state index is -1.39. The van der Waals surface area contributed by atoms with Crippen molar-refractivity contribution in [3.63, 3.8) is 0 Å². The molecule has 35 heavy (non-hydrogen) atoms. The number of alkyl halides is 1. The van der Waals surface area contributed by atoms with E-state index in [1.807, 2.05) is 53.4 Å². The first kappa shape index (κ1) is 23.8. The number of benzene rings is 1. The molecule has 4 heterocycles. The molecule has 1 N–H and O–H groups in total. The van der Waals surface area contributed by atoms with Crippen LogP contribution in [0, 0.1) is 0 Å². The summed E-state index contributed by atoms with van der Waals surface area (Å²) in [7, 11) is 5.03.